The molecule has 0 radical (unpaired) electrons. The summed E-state index contributed by atoms with van der Waals surface area (Å²) in [5.74, 6) is -1.35. The van der Waals surface area contributed by atoms with Crippen LogP contribution in [0.2, 0.25) is 0 Å². The predicted octanol–water partition coefficient (Wildman–Crippen LogP) is -0.513. The van der Waals surface area contributed by atoms with Gasteiger partial charge < -0.3 is 10.3 Å². The van der Waals surface area contributed by atoms with E-state index in [-0.39, 0.29) is 16.2 Å². The van der Waals surface area contributed by atoms with E-state index in [0.717, 1.165) is 6.07 Å². The molecule has 0 unspecified atom stereocenters. The molecule has 0 atom stereocenters. The average Bonchev–Trinajstić information content (AvgIpc) is 1.99. The van der Waals surface area contributed by atoms with Crippen molar-refractivity contribution in [3.8, 4) is 0 Å². The van der Waals surface area contributed by atoms with E-state index in [4.69, 9.17) is 10.3 Å². The highest BCUT2D eigenvalue weighted by molar-refractivity contribution is 5.85. The van der Waals surface area contributed by atoms with Gasteiger partial charge in [0, 0.05) is 6.07 Å². The summed E-state index contributed by atoms with van der Waals surface area (Å²) in [6.07, 6.45) is 0. The molecule has 0 amide bonds. The van der Waals surface area contributed by atoms with E-state index in [2.05, 4.69) is 4.98 Å². The van der Waals surface area contributed by atoms with Crippen molar-refractivity contribution in [1.82, 2.24) is 9.71 Å². The average molecular weight is 170 g/mol. The number of aromatic nitrogens is 2. The van der Waals surface area contributed by atoms with Gasteiger partial charge in [0.2, 0.25) is 0 Å². The van der Waals surface area contributed by atoms with Crippen molar-refractivity contribution in [2.75, 3.05) is 0 Å². The highest BCUT2D eigenvalue weighted by Gasteiger charge is 2.08. The fourth-order valence-corrected chi connectivity index (χ4v) is 0.701. The van der Waals surface area contributed by atoms with Crippen LogP contribution in [-0.2, 0) is 0 Å². The number of hydrogen-bond acceptors (Lipinski definition) is 4. The van der Waals surface area contributed by atoms with Crippen molar-refractivity contribution in [3.63, 3.8) is 0 Å². The van der Waals surface area contributed by atoms with E-state index in [1.165, 1.54) is 6.92 Å². The molecule has 0 saturated heterocycles. The first kappa shape index (κ1) is 8.25. The summed E-state index contributed by atoms with van der Waals surface area (Å²) < 4.78 is 0.284. The summed E-state index contributed by atoms with van der Waals surface area (Å²) >= 11 is 0. The van der Waals surface area contributed by atoms with Gasteiger partial charge in [0.25, 0.3) is 5.56 Å². The molecule has 1 aromatic rings. The molecule has 0 bridgehead atoms. The standard InChI is InChI=1S/C6H6N2O4/c1-3-7-4(6(10)11)2-5(9)8(3)12/h2,12H,1H3,(H,10,11). The van der Waals surface area contributed by atoms with Crippen molar-refractivity contribution >= 4 is 5.97 Å². The maximum absolute atomic E-state index is 10.8. The Balaban J connectivity index is 3.41. The smallest absolute Gasteiger partial charge is 0.354 e. The Kier molecular flexibility index (Phi) is 1.82. The van der Waals surface area contributed by atoms with E-state index in [9.17, 15) is 9.59 Å². The first-order valence-corrected chi connectivity index (χ1v) is 3.05. The van der Waals surface area contributed by atoms with Crippen molar-refractivity contribution in [1.29, 1.82) is 0 Å². The number of hydrogen-bond donors (Lipinski definition) is 2. The number of aromatic carboxylic acids is 1. The normalized spacial score (nSPS) is 9.75. The molecular formula is C6H6N2O4. The van der Waals surface area contributed by atoms with Crippen molar-refractivity contribution in [3.05, 3.63) is 27.9 Å². The van der Waals surface area contributed by atoms with Crippen LogP contribution in [-0.4, -0.2) is 26.0 Å². The van der Waals surface area contributed by atoms with Crippen LogP contribution in [0, 0.1) is 6.92 Å². The van der Waals surface area contributed by atoms with E-state index in [1.807, 2.05) is 0 Å². The summed E-state index contributed by atoms with van der Waals surface area (Å²) in [5, 5.41) is 17.3. The molecule has 64 valence electrons. The molecule has 0 aliphatic carbocycles. The zero-order valence-electron chi connectivity index (χ0n) is 6.18. The van der Waals surface area contributed by atoms with Gasteiger partial charge in [-0.2, -0.15) is 0 Å². The molecule has 0 aliphatic heterocycles. The molecule has 6 heteroatoms. The summed E-state index contributed by atoms with van der Waals surface area (Å²) in [4.78, 5) is 24.5. The Hall–Kier alpha value is -1.85. The second-order valence-electron chi connectivity index (χ2n) is 2.14. The van der Waals surface area contributed by atoms with Crippen LogP contribution >= 0.6 is 0 Å². The monoisotopic (exact) mass is 170 g/mol. The third kappa shape index (κ3) is 1.26. The Bertz CT molecular complexity index is 382. The first-order valence-electron chi connectivity index (χ1n) is 3.05. The lowest BCUT2D eigenvalue weighted by molar-refractivity contribution is 0.0687. The van der Waals surface area contributed by atoms with Crippen LogP contribution in [0.5, 0.6) is 0 Å². The SMILES string of the molecule is Cc1nc(C(=O)O)cc(=O)n1O. The molecule has 6 nitrogen and oxygen atoms in total. The number of carbonyl (C=O) groups is 1. The van der Waals surface area contributed by atoms with Gasteiger partial charge in [0.1, 0.15) is 5.82 Å². The minimum atomic E-state index is -1.30. The lowest BCUT2D eigenvalue weighted by Crippen LogP contribution is -2.23. The van der Waals surface area contributed by atoms with Crippen LogP contribution in [0.3, 0.4) is 0 Å². The summed E-state index contributed by atoms with van der Waals surface area (Å²) in [6.45, 7) is 1.33. The minimum absolute atomic E-state index is 0.0556. The maximum atomic E-state index is 10.8. The number of carboxylic acids is 1. The molecule has 12 heavy (non-hydrogen) atoms. The maximum Gasteiger partial charge on any atom is 0.354 e. The lowest BCUT2D eigenvalue weighted by Gasteiger charge is -1.99. The zero-order valence-corrected chi connectivity index (χ0v) is 6.18. The molecule has 1 aromatic heterocycles. The van der Waals surface area contributed by atoms with Crippen molar-refractivity contribution < 1.29 is 15.1 Å². The summed E-state index contributed by atoms with van der Waals surface area (Å²) in [7, 11) is 0. The Morgan fingerprint density at radius 3 is 2.67 bits per heavy atom. The highest BCUT2D eigenvalue weighted by Crippen LogP contribution is 1.91. The number of rotatable bonds is 1. The Labute approximate surface area is 66.7 Å². The molecule has 0 fully saturated rings. The van der Waals surface area contributed by atoms with Gasteiger partial charge in [0.15, 0.2) is 5.69 Å². The highest BCUT2D eigenvalue weighted by atomic mass is 16.5. The van der Waals surface area contributed by atoms with Crippen molar-refractivity contribution in [2.24, 2.45) is 0 Å². The van der Waals surface area contributed by atoms with Gasteiger partial charge in [-0.3, -0.25) is 4.79 Å². The van der Waals surface area contributed by atoms with Crippen LogP contribution in [0.15, 0.2) is 10.9 Å². The molecule has 1 heterocycles. The van der Waals surface area contributed by atoms with Crippen LogP contribution < -0.4 is 5.56 Å². The van der Waals surface area contributed by atoms with E-state index < -0.39 is 11.5 Å². The number of carboxylic acid groups (broad SMARTS) is 1. The summed E-state index contributed by atoms with van der Waals surface area (Å²) in [6, 6.07) is 0.745. The number of nitrogens with zero attached hydrogens (tertiary/aromatic N) is 2. The van der Waals surface area contributed by atoms with E-state index in [0.29, 0.717) is 0 Å². The molecule has 2 N–H and O–H groups in total. The van der Waals surface area contributed by atoms with Gasteiger partial charge in [-0.05, 0) is 6.92 Å². The van der Waals surface area contributed by atoms with E-state index in [1.54, 1.807) is 0 Å². The van der Waals surface area contributed by atoms with Gasteiger partial charge >= 0.3 is 5.97 Å². The van der Waals surface area contributed by atoms with Gasteiger partial charge in [-0.1, -0.05) is 0 Å². The fourth-order valence-electron chi connectivity index (χ4n) is 0.701. The molecule has 0 spiro atoms. The van der Waals surface area contributed by atoms with Crippen molar-refractivity contribution in [2.45, 2.75) is 6.92 Å². The van der Waals surface area contributed by atoms with Gasteiger partial charge in [-0.25, -0.2) is 9.78 Å². The van der Waals surface area contributed by atoms with Crippen LogP contribution in [0.1, 0.15) is 16.3 Å². The molecule has 0 aliphatic rings. The van der Waals surface area contributed by atoms with Gasteiger partial charge in [0.05, 0.1) is 0 Å². The molecule has 0 saturated carbocycles. The van der Waals surface area contributed by atoms with Crippen LogP contribution in [0.4, 0.5) is 0 Å². The molecule has 1 rings (SSSR count). The summed E-state index contributed by atoms with van der Waals surface area (Å²) in [5.41, 5.74) is -1.18. The fraction of sp³-hybridized carbons (Fsp3) is 0.167. The largest absolute Gasteiger partial charge is 0.477 e. The minimum Gasteiger partial charge on any atom is -0.477 e. The second kappa shape index (κ2) is 2.65. The second-order valence-corrected chi connectivity index (χ2v) is 2.14. The Morgan fingerprint density at radius 2 is 2.25 bits per heavy atom. The Morgan fingerprint density at radius 1 is 1.67 bits per heavy atom. The number of aryl methyl sites for hydroxylation is 1. The molecular weight excluding hydrogens is 164 g/mol. The lowest BCUT2D eigenvalue weighted by atomic mass is 10.4. The zero-order chi connectivity index (χ0) is 9.30. The molecule has 0 aromatic carbocycles. The quantitative estimate of drug-likeness (QED) is 0.553. The van der Waals surface area contributed by atoms with Crippen LogP contribution in [0.25, 0.3) is 0 Å². The predicted molar refractivity (Wildman–Crippen MR) is 37.4 cm³/mol. The third-order valence-electron chi connectivity index (χ3n) is 1.28. The van der Waals surface area contributed by atoms with E-state index >= 15 is 0 Å². The topological polar surface area (TPSA) is 92.4 Å². The third-order valence-corrected chi connectivity index (χ3v) is 1.28. The first-order chi connectivity index (χ1) is 5.52. The van der Waals surface area contributed by atoms with Gasteiger partial charge in [-0.15, -0.1) is 4.73 Å².